The Morgan fingerprint density at radius 1 is 1.14 bits per heavy atom. The molecule has 0 atom stereocenters. The molecule has 2 aromatic rings. The molecule has 0 aliphatic carbocycles. The van der Waals surface area contributed by atoms with Crippen LogP contribution in [0.3, 0.4) is 0 Å². The predicted octanol–water partition coefficient (Wildman–Crippen LogP) is 1.88. The zero-order chi connectivity index (χ0) is 10.4. The van der Waals surface area contributed by atoms with Crippen molar-refractivity contribution in [1.82, 2.24) is 15.0 Å². The fraction of sp³-hybridized carbons (Fsp3) is 0.200. The SMILES string of the molecule is CC.Nc1cccc(-n2nccn2)c1. The van der Waals surface area contributed by atoms with Gasteiger partial charge in [0.1, 0.15) is 0 Å². The second-order valence-electron chi connectivity index (χ2n) is 2.41. The molecular weight excluding hydrogens is 176 g/mol. The van der Waals surface area contributed by atoms with Crippen LogP contribution in [0.2, 0.25) is 0 Å². The van der Waals surface area contributed by atoms with Crippen LogP contribution >= 0.6 is 0 Å². The molecule has 0 bridgehead atoms. The predicted molar refractivity (Wildman–Crippen MR) is 57.1 cm³/mol. The van der Waals surface area contributed by atoms with Crippen molar-refractivity contribution in [2.75, 3.05) is 5.73 Å². The van der Waals surface area contributed by atoms with E-state index in [1.54, 1.807) is 12.4 Å². The van der Waals surface area contributed by atoms with Crippen LogP contribution in [0, 0.1) is 0 Å². The Balaban J connectivity index is 0.000000461. The molecule has 2 rings (SSSR count). The van der Waals surface area contributed by atoms with Crippen molar-refractivity contribution in [2.45, 2.75) is 13.8 Å². The van der Waals surface area contributed by atoms with E-state index in [9.17, 15) is 0 Å². The van der Waals surface area contributed by atoms with Gasteiger partial charge in [0.2, 0.25) is 0 Å². The normalized spacial score (nSPS) is 9.00. The van der Waals surface area contributed by atoms with Gasteiger partial charge in [-0.3, -0.25) is 0 Å². The maximum Gasteiger partial charge on any atom is 0.0877 e. The van der Waals surface area contributed by atoms with Crippen LogP contribution in [0.1, 0.15) is 13.8 Å². The van der Waals surface area contributed by atoms with E-state index in [-0.39, 0.29) is 0 Å². The lowest BCUT2D eigenvalue weighted by Gasteiger charge is -1.99. The van der Waals surface area contributed by atoms with E-state index in [0.29, 0.717) is 5.69 Å². The first-order chi connectivity index (χ1) is 6.86. The summed E-state index contributed by atoms with van der Waals surface area (Å²) in [7, 11) is 0. The zero-order valence-corrected chi connectivity index (χ0v) is 8.38. The summed E-state index contributed by atoms with van der Waals surface area (Å²) >= 11 is 0. The number of benzene rings is 1. The molecule has 74 valence electrons. The van der Waals surface area contributed by atoms with E-state index in [2.05, 4.69) is 10.2 Å². The number of aromatic nitrogens is 3. The summed E-state index contributed by atoms with van der Waals surface area (Å²) in [6, 6.07) is 7.41. The second kappa shape index (κ2) is 5.01. The Bertz CT molecular complexity index is 367. The van der Waals surface area contributed by atoms with Gasteiger partial charge < -0.3 is 5.73 Å². The van der Waals surface area contributed by atoms with Gasteiger partial charge in [-0.1, -0.05) is 19.9 Å². The molecule has 0 saturated carbocycles. The van der Waals surface area contributed by atoms with Crippen LogP contribution in [0.25, 0.3) is 5.69 Å². The molecule has 0 unspecified atom stereocenters. The summed E-state index contributed by atoms with van der Waals surface area (Å²) in [5, 5.41) is 7.96. The molecule has 1 heterocycles. The number of nitrogen functional groups attached to an aromatic ring is 1. The van der Waals surface area contributed by atoms with Gasteiger partial charge in [-0.05, 0) is 18.2 Å². The molecule has 0 aliphatic heterocycles. The molecule has 0 spiro atoms. The van der Waals surface area contributed by atoms with E-state index >= 15 is 0 Å². The first-order valence-corrected chi connectivity index (χ1v) is 4.58. The average molecular weight is 190 g/mol. The van der Waals surface area contributed by atoms with Crippen LogP contribution in [-0.2, 0) is 0 Å². The van der Waals surface area contributed by atoms with Crippen LogP contribution in [0.15, 0.2) is 36.7 Å². The van der Waals surface area contributed by atoms with Crippen molar-refractivity contribution >= 4 is 5.69 Å². The minimum absolute atomic E-state index is 0.713. The van der Waals surface area contributed by atoms with Crippen molar-refractivity contribution < 1.29 is 0 Å². The number of hydrogen-bond donors (Lipinski definition) is 1. The zero-order valence-electron chi connectivity index (χ0n) is 8.38. The minimum atomic E-state index is 0.713. The molecule has 0 amide bonds. The fourth-order valence-corrected chi connectivity index (χ4v) is 0.998. The fourth-order valence-electron chi connectivity index (χ4n) is 0.998. The number of hydrogen-bond acceptors (Lipinski definition) is 3. The largest absolute Gasteiger partial charge is 0.399 e. The van der Waals surface area contributed by atoms with Crippen molar-refractivity contribution in [1.29, 1.82) is 0 Å². The minimum Gasteiger partial charge on any atom is -0.399 e. The lowest BCUT2D eigenvalue weighted by molar-refractivity contribution is 0.752. The van der Waals surface area contributed by atoms with Crippen LogP contribution < -0.4 is 5.73 Å². The Kier molecular flexibility index (Phi) is 3.67. The lowest BCUT2D eigenvalue weighted by atomic mass is 10.3. The molecule has 0 aliphatic rings. The van der Waals surface area contributed by atoms with Crippen molar-refractivity contribution in [3.63, 3.8) is 0 Å². The standard InChI is InChI=1S/C8H8N4.C2H6/c9-7-2-1-3-8(6-7)12-10-4-5-11-12;1-2/h1-6H,9H2;1-2H3. The Morgan fingerprint density at radius 3 is 2.36 bits per heavy atom. The molecule has 4 heteroatoms. The van der Waals surface area contributed by atoms with E-state index in [4.69, 9.17) is 5.73 Å². The van der Waals surface area contributed by atoms with Gasteiger partial charge in [-0.25, -0.2) is 0 Å². The summed E-state index contributed by atoms with van der Waals surface area (Å²) in [6.45, 7) is 4.00. The molecule has 2 N–H and O–H groups in total. The highest BCUT2D eigenvalue weighted by Gasteiger charge is 1.95. The Labute approximate surface area is 83.4 Å². The van der Waals surface area contributed by atoms with Crippen LogP contribution in [0.5, 0.6) is 0 Å². The summed E-state index contributed by atoms with van der Waals surface area (Å²) in [6.07, 6.45) is 3.26. The molecule has 1 aromatic heterocycles. The van der Waals surface area contributed by atoms with Crippen LogP contribution in [0.4, 0.5) is 5.69 Å². The summed E-state index contributed by atoms with van der Waals surface area (Å²) in [5.41, 5.74) is 7.18. The third-order valence-corrected chi connectivity index (χ3v) is 1.52. The first-order valence-electron chi connectivity index (χ1n) is 4.58. The molecule has 0 saturated heterocycles. The molecular formula is C10H14N4. The van der Waals surface area contributed by atoms with Gasteiger partial charge in [0.05, 0.1) is 18.1 Å². The monoisotopic (exact) mass is 190 g/mol. The van der Waals surface area contributed by atoms with Gasteiger partial charge in [0, 0.05) is 5.69 Å². The Morgan fingerprint density at radius 2 is 1.79 bits per heavy atom. The van der Waals surface area contributed by atoms with Gasteiger partial charge in [0.15, 0.2) is 0 Å². The number of nitrogens with two attached hydrogens (primary N) is 1. The van der Waals surface area contributed by atoms with E-state index in [0.717, 1.165) is 5.69 Å². The third-order valence-electron chi connectivity index (χ3n) is 1.52. The van der Waals surface area contributed by atoms with Gasteiger partial charge >= 0.3 is 0 Å². The Hall–Kier alpha value is -1.84. The third kappa shape index (κ3) is 2.32. The molecule has 14 heavy (non-hydrogen) atoms. The molecule has 4 nitrogen and oxygen atoms in total. The molecule has 0 radical (unpaired) electrons. The molecule has 0 fully saturated rings. The number of nitrogens with zero attached hydrogens (tertiary/aromatic N) is 3. The van der Waals surface area contributed by atoms with Gasteiger partial charge in [-0.2, -0.15) is 15.0 Å². The smallest absolute Gasteiger partial charge is 0.0877 e. The quantitative estimate of drug-likeness (QED) is 0.698. The highest BCUT2D eigenvalue weighted by Crippen LogP contribution is 2.08. The van der Waals surface area contributed by atoms with Crippen LogP contribution in [-0.4, -0.2) is 15.0 Å². The average Bonchev–Trinajstić information content (AvgIpc) is 2.74. The molecule has 1 aromatic carbocycles. The van der Waals surface area contributed by atoms with Crippen molar-refractivity contribution in [3.8, 4) is 5.69 Å². The maximum absolute atomic E-state index is 5.60. The highest BCUT2D eigenvalue weighted by molar-refractivity contribution is 5.46. The topological polar surface area (TPSA) is 56.7 Å². The maximum atomic E-state index is 5.60. The summed E-state index contributed by atoms with van der Waals surface area (Å²) < 4.78 is 0. The van der Waals surface area contributed by atoms with Crippen molar-refractivity contribution in [3.05, 3.63) is 36.7 Å². The first kappa shape index (κ1) is 10.2. The highest BCUT2D eigenvalue weighted by atomic mass is 15.5. The van der Waals surface area contributed by atoms with E-state index in [1.165, 1.54) is 4.80 Å². The summed E-state index contributed by atoms with van der Waals surface area (Å²) in [5.74, 6) is 0. The van der Waals surface area contributed by atoms with E-state index in [1.807, 2.05) is 38.1 Å². The summed E-state index contributed by atoms with van der Waals surface area (Å²) in [4.78, 5) is 1.52. The lowest BCUT2D eigenvalue weighted by Crippen LogP contribution is -1.98. The van der Waals surface area contributed by atoms with Gasteiger partial charge in [0.25, 0.3) is 0 Å². The number of anilines is 1. The van der Waals surface area contributed by atoms with E-state index < -0.39 is 0 Å². The van der Waals surface area contributed by atoms with Crippen molar-refractivity contribution in [2.24, 2.45) is 0 Å². The second-order valence-corrected chi connectivity index (χ2v) is 2.41. The number of rotatable bonds is 1. The van der Waals surface area contributed by atoms with Gasteiger partial charge in [-0.15, -0.1) is 0 Å².